The van der Waals surface area contributed by atoms with Crippen molar-refractivity contribution in [1.29, 1.82) is 0 Å². The second-order valence-corrected chi connectivity index (χ2v) is 7.07. The van der Waals surface area contributed by atoms with E-state index in [1.165, 1.54) is 33.5 Å². The van der Waals surface area contributed by atoms with Crippen molar-refractivity contribution < 1.29 is 44.7 Å². The molecule has 0 heterocycles. The number of hydrogen-bond acceptors (Lipinski definition) is 5. The molecule has 0 radical (unpaired) electrons. The number of nitro groups is 1. The zero-order valence-corrected chi connectivity index (χ0v) is 14.8. The molecule has 23 heavy (non-hydrogen) atoms. The Bertz CT molecular complexity index is 713. The van der Waals surface area contributed by atoms with Gasteiger partial charge in [-0.1, -0.05) is 0 Å². The summed E-state index contributed by atoms with van der Waals surface area (Å²) in [5.74, 6) is 1.01. The predicted molar refractivity (Wildman–Crippen MR) is 76.5 cm³/mol. The molecule has 0 fully saturated rings. The molecule has 124 valence electrons. The summed E-state index contributed by atoms with van der Waals surface area (Å²) in [7, 11) is 4.49. The Morgan fingerprint density at radius 1 is 1.04 bits per heavy atom. The van der Waals surface area contributed by atoms with E-state index >= 15 is 0 Å². The van der Waals surface area contributed by atoms with Gasteiger partial charge in [0.25, 0.3) is 0 Å². The molecule has 0 unspecified atom stereocenters. The first-order chi connectivity index (χ1) is 11.0. The molecule has 0 saturated carbocycles. The van der Waals surface area contributed by atoms with Crippen LogP contribution < -0.4 is 35.4 Å². The Hall–Kier alpha value is -2.10. The third kappa shape index (κ3) is 3.81. The van der Waals surface area contributed by atoms with Crippen LogP contribution in [0.3, 0.4) is 0 Å². The fourth-order valence-electron chi connectivity index (χ4n) is 1.86. The van der Waals surface area contributed by atoms with Gasteiger partial charge in [0.15, 0.2) is 0 Å². The van der Waals surface area contributed by atoms with Crippen LogP contribution in [0.25, 0.3) is 0 Å². The zero-order chi connectivity index (χ0) is 17.0. The van der Waals surface area contributed by atoms with Crippen LogP contribution >= 0.6 is 0 Å². The Kier molecular flexibility index (Phi) is 5.59. The van der Waals surface area contributed by atoms with Crippen LogP contribution in [0.2, 0.25) is 0 Å². The summed E-state index contributed by atoms with van der Waals surface area (Å²) in [6.45, 7) is 0. The number of benzene rings is 2. The van der Waals surface area contributed by atoms with Crippen LogP contribution in [0.5, 0.6) is 17.2 Å². The first-order valence-electron chi connectivity index (χ1n) is 6.39. The van der Waals surface area contributed by atoms with Gasteiger partial charge in [-0.05, 0) is 0 Å². The molecule has 0 saturated heterocycles. The minimum absolute atomic E-state index is 0.112. The standard InChI is InChI=1S/C15H14FINO5/c1-21-10-7-13(22-2)15(14(8-10)23-3)17-11-6-9(16)4-5-12(11)18(19)20/h4-8H,1-3H3/q-1. The van der Waals surface area contributed by atoms with E-state index in [9.17, 15) is 14.5 Å². The summed E-state index contributed by atoms with van der Waals surface area (Å²) in [6.07, 6.45) is 0. The van der Waals surface area contributed by atoms with Crippen LogP contribution in [-0.2, 0) is 0 Å². The zero-order valence-electron chi connectivity index (χ0n) is 12.6. The van der Waals surface area contributed by atoms with Gasteiger partial charge >= 0.3 is 142 Å². The van der Waals surface area contributed by atoms with Gasteiger partial charge in [-0.3, -0.25) is 0 Å². The molecule has 6 nitrogen and oxygen atoms in total. The molecule has 2 aromatic rings. The van der Waals surface area contributed by atoms with E-state index in [0.29, 0.717) is 24.4 Å². The molecule has 0 aliphatic rings. The van der Waals surface area contributed by atoms with Crippen molar-refractivity contribution in [2.75, 3.05) is 21.3 Å². The predicted octanol–water partition coefficient (Wildman–Crippen LogP) is -0.112. The molecule has 0 spiro atoms. The number of nitrogens with zero attached hydrogens (tertiary/aromatic N) is 1. The van der Waals surface area contributed by atoms with Gasteiger partial charge in [0.1, 0.15) is 0 Å². The van der Waals surface area contributed by atoms with E-state index in [1.54, 1.807) is 12.1 Å². The Morgan fingerprint density at radius 2 is 1.65 bits per heavy atom. The Morgan fingerprint density at radius 3 is 2.13 bits per heavy atom. The van der Waals surface area contributed by atoms with Gasteiger partial charge in [0.05, 0.1) is 0 Å². The van der Waals surface area contributed by atoms with E-state index in [4.69, 9.17) is 14.2 Å². The average Bonchev–Trinajstić information content (AvgIpc) is 2.54. The van der Waals surface area contributed by atoms with Gasteiger partial charge in [-0.15, -0.1) is 0 Å². The Balaban J connectivity index is 2.56. The third-order valence-electron chi connectivity index (χ3n) is 2.96. The van der Waals surface area contributed by atoms with Gasteiger partial charge in [0.2, 0.25) is 0 Å². The third-order valence-corrected chi connectivity index (χ3v) is 6.01. The van der Waals surface area contributed by atoms with E-state index in [1.807, 2.05) is 0 Å². The number of halogens is 2. The fourth-order valence-corrected chi connectivity index (χ4v) is 4.83. The van der Waals surface area contributed by atoms with Gasteiger partial charge < -0.3 is 0 Å². The first kappa shape index (κ1) is 17.3. The maximum atomic E-state index is 13.5. The normalized spacial score (nSPS) is 10.4. The van der Waals surface area contributed by atoms with Crippen molar-refractivity contribution in [2.45, 2.75) is 0 Å². The molecule has 2 rings (SSSR count). The van der Waals surface area contributed by atoms with Crippen LogP contribution in [-0.4, -0.2) is 26.3 Å². The summed E-state index contributed by atoms with van der Waals surface area (Å²) in [4.78, 5) is 10.6. The molecule has 0 N–H and O–H groups in total. The van der Waals surface area contributed by atoms with Gasteiger partial charge in [0, 0.05) is 0 Å². The summed E-state index contributed by atoms with van der Waals surface area (Å²) in [5, 5.41) is 11.2. The van der Waals surface area contributed by atoms with Crippen LogP contribution in [0, 0.1) is 23.1 Å². The second kappa shape index (κ2) is 7.44. The summed E-state index contributed by atoms with van der Waals surface area (Å²) < 4.78 is 30.4. The molecule has 0 atom stereocenters. The molecule has 0 bridgehead atoms. The van der Waals surface area contributed by atoms with E-state index in [-0.39, 0.29) is 5.69 Å². The van der Waals surface area contributed by atoms with Crippen molar-refractivity contribution in [1.82, 2.24) is 0 Å². The van der Waals surface area contributed by atoms with E-state index < -0.39 is 31.9 Å². The molecule has 0 amide bonds. The molecule has 8 heteroatoms. The van der Waals surface area contributed by atoms with Crippen LogP contribution in [0.4, 0.5) is 10.1 Å². The topological polar surface area (TPSA) is 70.8 Å². The summed E-state index contributed by atoms with van der Waals surface area (Å²) in [5.41, 5.74) is -0.112. The summed E-state index contributed by atoms with van der Waals surface area (Å²) >= 11 is -1.10. The summed E-state index contributed by atoms with van der Waals surface area (Å²) in [6, 6.07) is 6.78. The molecule has 0 aromatic heterocycles. The van der Waals surface area contributed by atoms with Crippen molar-refractivity contribution in [3.05, 3.63) is 53.4 Å². The van der Waals surface area contributed by atoms with E-state index in [0.717, 1.165) is 6.07 Å². The monoisotopic (exact) mass is 434 g/mol. The minimum atomic E-state index is -1.10. The van der Waals surface area contributed by atoms with Crippen molar-refractivity contribution >= 4 is 5.69 Å². The number of ether oxygens (including phenoxy) is 3. The van der Waals surface area contributed by atoms with Crippen molar-refractivity contribution in [3.63, 3.8) is 0 Å². The van der Waals surface area contributed by atoms with Crippen molar-refractivity contribution in [2.24, 2.45) is 0 Å². The van der Waals surface area contributed by atoms with Crippen LogP contribution in [0.15, 0.2) is 30.3 Å². The molecular weight excluding hydrogens is 420 g/mol. The fraction of sp³-hybridized carbons (Fsp3) is 0.200. The number of hydrogen-bond donors (Lipinski definition) is 0. The molecule has 2 aromatic carbocycles. The number of nitro benzene ring substituents is 1. The maximum absolute atomic E-state index is 13.5. The molecule has 0 aliphatic heterocycles. The van der Waals surface area contributed by atoms with Gasteiger partial charge in [-0.25, -0.2) is 0 Å². The van der Waals surface area contributed by atoms with Crippen LogP contribution in [0.1, 0.15) is 0 Å². The number of rotatable bonds is 6. The SMILES string of the molecule is COc1cc(OC)c([I-]c2cc(F)ccc2[N+](=O)[O-])c(OC)c1. The number of methoxy groups -OCH3 is 3. The van der Waals surface area contributed by atoms with E-state index in [2.05, 4.69) is 0 Å². The second-order valence-electron chi connectivity index (χ2n) is 4.29. The molecular formula is C15H14FINO5-. The van der Waals surface area contributed by atoms with Crippen molar-refractivity contribution in [3.8, 4) is 17.2 Å². The Labute approximate surface area is 142 Å². The average molecular weight is 434 g/mol. The first-order valence-corrected chi connectivity index (χ1v) is 8.54. The quantitative estimate of drug-likeness (QED) is 0.361. The van der Waals surface area contributed by atoms with Gasteiger partial charge in [-0.2, -0.15) is 0 Å². The molecule has 0 aliphatic carbocycles.